The molecule has 1 aromatic heterocycles. The minimum Gasteiger partial charge on any atom is -0.493 e. The maximum Gasteiger partial charge on any atom is 0.354 e. The van der Waals surface area contributed by atoms with E-state index in [4.69, 9.17) is 14.6 Å². The molecule has 1 aromatic rings. The molecule has 2 rings (SSSR count). The first-order valence-corrected chi connectivity index (χ1v) is 5.61. The van der Waals surface area contributed by atoms with Gasteiger partial charge in [-0.3, -0.25) is 0 Å². The van der Waals surface area contributed by atoms with Crippen LogP contribution in [0.15, 0.2) is 12.3 Å². The maximum atomic E-state index is 10.7. The van der Waals surface area contributed by atoms with Crippen LogP contribution in [0.3, 0.4) is 0 Å². The molecule has 1 N–H and O–H groups in total. The number of carboxylic acid groups (broad SMARTS) is 1. The third-order valence-electron chi connectivity index (χ3n) is 2.97. The minimum absolute atomic E-state index is 0.0437. The van der Waals surface area contributed by atoms with Crippen LogP contribution in [0, 0.1) is 5.92 Å². The zero-order valence-corrected chi connectivity index (χ0v) is 9.68. The second-order valence-electron chi connectivity index (χ2n) is 4.13. The van der Waals surface area contributed by atoms with E-state index in [9.17, 15) is 4.79 Å². The van der Waals surface area contributed by atoms with Gasteiger partial charge in [0.25, 0.3) is 0 Å². The zero-order valence-electron chi connectivity index (χ0n) is 9.68. The number of hydrogen-bond acceptors (Lipinski definition) is 4. The first kappa shape index (κ1) is 11.7. The van der Waals surface area contributed by atoms with Crippen LogP contribution in [-0.2, 0) is 0 Å². The average Bonchev–Trinajstić information content (AvgIpc) is 2.27. The van der Waals surface area contributed by atoms with Crippen LogP contribution < -0.4 is 9.47 Å². The fourth-order valence-corrected chi connectivity index (χ4v) is 1.68. The van der Waals surface area contributed by atoms with Crippen molar-refractivity contribution in [2.75, 3.05) is 13.7 Å². The maximum absolute atomic E-state index is 10.7. The van der Waals surface area contributed by atoms with Crippen LogP contribution in [-0.4, -0.2) is 29.8 Å². The molecular weight excluding hydrogens is 222 g/mol. The highest BCUT2D eigenvalue weighted by molar-refractivity contribution is 5.86. The van der Waals surface area contributed by atoms with Gasteiger partial charge in [0, 0.05) is 6.07 Å². The molecule has 0 saturated heterocycles. The Morgan fingerprint density at radius 3 is 2.82 bits per heavy atom. The monoisotopic (exact) mass is 237 g/mol. The molecule has 1 aliphatic carbocycles. The molecule has 0 radical (unpaired) electrons. The molecule has 0 atom stereocenters. The van der Waals surface area contributed by atoms with Crippen LogP contribution in [0.4, 0.5) is 0 Å². The summed E-state index contributed by atoms with van der Waals surface area (Å²) >= 11 is 0. The van der Waals surface area contributed by atoms with E-state index in [0.717, 1.165) is 0 Å². The van der Waals surface area contributed by atoms with Crippen molar-refractivity contribution in [2.24, 2.45) is 5.92 Å². The highest BCUT2D eigenvalue weighted by Gasteiger charge is 2.19. The lowest BCUT2D eigenvalue weighted by atomic mass is 9.86. The van der Waals surface area contributed by atoms with E-state index in [1.54, 1.807) is 0 Å². The van der Waals surface area contributed by atoms with Crippen LogP contribution in [0.25, 0.3) is 0 Å². The van der Waals surface area contributed by atoms with Gasteiger partial charge < -0.3 is 14.6 Å². The van der Waals surface area contributed by atoms with E-state index in [2.05, 4.69) is 4.98 Å². The number of aromatic carboxylic acids is 1. The lowest BCUT2D eigenvalue weighted by molar-refractivity contribution is 0.0689. The number of carbonyl (C=O) groups is 1. The number of carboxylic acids is 1. The number of ether oxygens (including phenoxy) is 2. The van der Waals surface area contributed by atoms with Crippen molar-refractivity contribution in [1.29, 1.82) is 0 Å². The van der Waals surface area contributed by atoms with Gasteiger partial charge in [-0.1, -0.05) is 6.42 Å². The van der Waals surface area contributed by atoms with Crippen LogP contribution in [0.1, 0.15) is 29.8 Å². The Bertz CT molecular complexity index is 415. The highest BCUT2D eigenvalue weighted by atomic mass is 16.5. The molecule has 0 unspecified atom stereocenters. The molecule has 1 heterocycles. The van der Waals surface area contributed by atoms with Crippen LogP contribution in [0.5, 0.6) is 11.5 Å². The Hall–Kier alpha value is -1.78. The summed E-state index contributed by atoms with van der Waals surface area (Å²) in [5, 5.41) is 8.80. The number of methoxy groups -OCH3 is 1. The predicted octanol–water partition coefficient (Wildman–Crippen LogP) is 1.97. The van der Waals surface area contributed by atoms with Gasteiger partial charge in [0.1, 0.15) is 0 Å². The molecule has 5 nitrogen and oxygen atoms in total. The average molecular weight is 237 g/mol. The quantitative estimate of drug-likeness (QED) is 0.847. The van der Waals surface area contributed by atoms with E-state index in [0.29, 0.717) is 24.0 Å². The smallest absolute Gasteiger partial charge is 0.354 e. The van der Waals surface area contributed by atoms with Gasteiger partial charge in [-0.05, 0) is 18.8 Å². The summed E-state index contributed by atoms with van der Waals surface area (Å²) in [5.74, 6) is 0.453. The molecule has 17 heavy (non-hydrogen) atoms. The van der Waals surface area contributed by atoms with Gasteiger partial charge in [0.2, 0.25) is 0 Å². The number of nitrogens with zero attached hydrogens (tertiary/aromatic N) is 1. The van der Waals surface area contributed by atoms with Crippen molar-refractivity contribution in [3.63, 3.8) is 0 Å². The van der Waals surface area contributed by atoms with Crippen molar-refractivity contribution in [3.05, 3.63) is 18.0 Å². The Morgan fingerprint density at radius 2 is 2.29 bits per heavy atom. The minimum atomic E-state index is -1.08. The van der Waals surface area contributed by atoms with E-state index in [-0.39, 0.29) is 5.69 Å². The molecule has 0 aromatic carbocycles. The standard InChI is InChI=1S/C12H15NO4/c1-16-10-5-9(12(14)15)13-6-11(10)17-7-8-3-2-4-8/h5-6,8H,2-4,7H2,1H3,(H,14,15). The third kappa shape index (κ3) is 2.67. The predicted molar refractivity (Wildman–Crippen MR) is 60.6 cm³/mol. The summed E-state index contributed by atoms with van der Waals surface area (Å²) in [5.41, 5.74) is -0.0437. The largest absolute Gasteiger partial charge is 0.493 e. The van der Waals surface area contributed by atoms with Gasteiger partial charge >= 0.3 is 5.97 Å². The number of aromatic nitrogens is 1. The molecular formula is C12H15NO4. The number of pyridine rings is 1. The summed E-state index contributed by atoms with van der Waals surface area (Å²) in [6, 6.07) is 1.37. The Morgan fingerprint density at radius 1 is 1.53 bits per heavy atom. The van der Waals surface area contributed by atoms with Gasteiger partial charge in [0.05, 0.1) is 19.9 Å². The fourth-order valence-electron chi connectivity index (χ4n) is 1.68. The third-order valence-corrected chi connectivity index (χ3v) is 2.97. The first-order valence-electron chi connectivity index (χ1n) is 5.61. The first-order chi connectivity index (χ1) is 8.20. The lowest BCUT2D eigenvalue weighted by Crippen LogP contribution is -2.19. The van der Waals surface area contributed by atoms with Crippen molar-refractivity contribution in [2.45, 2.75) is 19.3 Å². The molecule has 92 valence electrons. The van der Waals surface area contributed by atoms with E-state index >= 15 is 0 Å². The number of rotatable bonds is 5. The molecule has 0 spiro atoms. The SMILES string of the molecule is COc1cc(C(=O)O)ncc1OCC1CCC1. The highest BCUT2D eigenvalue weighted by Crippen LogP contribution is 2.30. The summed E-state index contributed by atoms with van der Waals surface area (Å²) in [4.78, 5) is 14.5. The van der Waals surface area contributed by atoms with Crippen molar-refractivity contribution in [1.82, 2.24) is 4.98 Å². The van der Waals surface area contributed by atoms with E-state index in [1.165, 1.54) is 38.6 Å². The Labute approximate surface area is 99.4 Å². The van der Waals surface area contributed by atoms with Crippen LogP contribution >= 0.6 is 0 Å². The summed E-state index contributed by atoms with van der Waals surface area (Å²) < 4.78 is 10.7. The topological polar surface area (TPSA) is 68.7 Å². The van der Waals surface area contributed by atoms with Gasteiger partial charge in [-0.2, -0.15) is 0 Å². The molecule has 1 fully saturated rings. The van der Waals surface area contributed by atoms with Gasteiger partial charge in [0.15, 0.2) is 17.2 Å². The molecule has 1 saturated carbocycles. The van der Waals surface area contributed by atoms with Crippen LogP contribution in [0.2, 0.25) is 0 Å². The summed E-state index contributed by atoms with van der Waals surface area (Å²) in [6.07, 6.45) is 5.06. The number of hydrogen-bond donors (Lipinski definition) is 1. The molecule has 0 bridgehead atoms. The Balaban J connectivity index is 2.06. The van der Waals surface area contributed by atoms with Crippen molar-refractivity contribution in [3.8, 4) is 11.5 Å². The zero-order chi connectivity index (χ0) is 12.3. The second-order valence-corrected chi connectivity index (χ2v) is 4.13. The summed E-state index contributed by atoms with van der Waals surface area (Å²) in [7, 11) is 1.48. The fraction of sp³-hybridized carbons (Fsp3) is 0.500. The molecule has 1 aliphatic rings. The molecule has 5 heteroatoms. The van der Waals surface area contributed by atoms with Gasteiger partial charge in [-0.15, -0.1) is 0 Å². The lowest BCUT2D eigenvalue weighted by Gasteiger charge is -2.25. The normalized spacial score (nSPS) is 15.1. The Kier molecular flexibility index (Phi) is 3.46. The summed E-state index contributed by atoms with van der Waals surface area (Å²) in [6.45, 7) is 0.643. The second kappa shape index (κ2) is 5.03. The van der Waals surface area contributed by atoms with E-state index < -0.39 is 5.97 Å². The van der Waals surface area contributed by atoms with Gasteiger partial charge in [-0.25, -0.2) is 9.78 Å². The molecule has 0 amide bonds. The molecule has 0 aliphatic heterocycles. The van der Waals surface area contributed by atoms with Crippen molar-refractivity contribution < 1.29 is 19.4 Å². The van der Waals surface area contributed by atoms with Crippen molar-refractivity contribution >= 4 is 5.97 Å². The van der Waals surface area contributed by atoms with E-state index in [1.807, 2.05) is 0 Å².